The van der Waals surface area contributed by atoms with Crippen molar-refractivity contribution in [2.45, 2.75) is 37.6 Å². The second kappa shape index (κ2) is 7.77. The molecular formula is C18H24N2O3S. The smallest absolute Gasteiger partial charge is 0.243 e. The Morgan fingerprint density at radius 3 is 2.50 bits per heavy atom. The standard InChI is InChI=1S/C18H24N2O3S/c1-4-7-14(2)19-18(21)13-20(3)24(22,23)17-11-10-15-8-5-6-9-16(15)12-17/h5-6,8-12,14H,4,7,13H2,1-3H3,(H,19,21)/t14-/m1/s1. The van der Waals surface area contributed by atoms with Crippen molar-refractivity contribution >= 4 is 26.7 Å². The van der Waals surface area contributed by atoms with Gasteiger partial charge in [0.05, 0.1) is 11.4 Å². The molecule has 1 N–H and O–H groups in total. The Kier molecular flexibility index (Phi) is 5.96. The van der Waals surface area contributed by atoms with E-state index >= 15 is 0 Å². The number of rotatable bonds is 7. The molecular weight excluding hydrogens is 324 g/mol. The zero-order valence-corrected chi connectivity index (χ0v) is 15.1. The molecule has 0 spiro atoms. The van der Waals surface area contributed by atoms with Crippen molar-refractivity contribution < 1.29 is 13.2 Å². The Morgan fingerprint density at radius 2 is 1.83 bits per heavy atom. The molecule has 1 atom stereocenters. The lowest BCUT2D eigenvalue weighted by molar-refractivity contribution is -0.121. The predicted molar refractivity (Wildman–Crippen MR) is 96.3 cm³/mol. The van der Waals surface area contributed by atoms with Crippen molar-refractivity contribution in [3.63, 3.8) is 0 Å². The van der Waals surface area contributed by atoms with E-state index < -0.39 is 10.0 Å². The third kappa shape index (κ3) is 4.33. The summed E-state index contributed by atoms with van der Waals surface area (Å²) in [6.07, 6.45) is 1.83. The van der Waals surface area contributed by atoms with Gasteiger partial charge in [-0.3, -0.25) is 4.79 Å². The molecule has 0 aliphatic rings. The van der Waals surface area contributed by atoms with Crippen molar-refractivity contribution in [1.29, 1.82) is 0 Å². The van der Waals surface area contributed by atoms with Gasteiger partial charge >= 0.3 is 0 Å². The summed E-state index contributed by atoms with van der Waals surface area (Å²) in [6, 6.07) is 12.6. The van der Waals surface area contributed by atoms with E-state index in [0.717, 1.165) is 27.9 Å². The summed E-state index contributed by atoms with van der Waals surface area (Å²) in [5.74, 6) is -0.289. The summed E-state index contributed by atoms with van der Waals surface area (Å²) in [4.78, 5) is 12.2. The maximum absolute atomic E-state index is 12.7. The molecule has 0 aromatic heterocycles. The van der Waals surface area contributed by atoms with E-state index in [0.29, 0.717) is 0 Å². The highest BCUT2D eigenvalue weighted by molar-refractivity contribution is 7.89. The van der Waals surface area contributed by atoms with Gasteiger partial charge in [-0.2, -0.15) is 4.31 Å². The first kappa shape index (κ1) is 18.4. The lowest BCUT2D eigenvalue weighted by atomic mass is 10.1. The lowest BCUT2D eigenvalue weighted by Gasteiger charge is -2.19. The van der Waals surface area contributed by atoms with Crippen LogP contribution in [0.15, 0.2) is 47.4 Å². The van der Waals surface area contributed by atoms with Crippen molar-refractivity contribution in [3.8, 4) is 0 Å². The highest BCUT2D eigenvalue weighted by atomic mass is 32.2. The monoisotopic (exact) mass is 348 g/mol. The number of carbonyl (C=O) groups excluding carboxylic acids is 1. The van der Waals surface area contributed by atoms with Crippen LogP contribution in [0.3, 0.4) is 0 Å². The molecule has 0 aliphatic carbocycles. The number of benzene rings is 2. The average molecular weight is 348 g/mol. The van der Waals surface area contributed by atoms with Crippen LogP contribution < -0.4 is 5.32 Å². The number of hydrogen-bond donors (Lipinski definition) is 1. The Morgan fingerprint density at radius 1 is 1.17 bits per heavy atom. The summed E-state index contributed by atoms with van der Waals surface area (Å²) >= 11 is 0. The molecule has 0 heterocycles. The highest BCUT2D eigenvalue weighted by Gasteiger charge is 2.23. The number of hydrogen-bond acceptors (Lipinski definition) is 3. The maximum atomic E-state index is 12.7. The topological polar surface area (TPSA) is 66.5 Å². The largest absolute Gasteiger partial charge is 0.353 e. The van der Waals surface area contributed by atoms with E-state index in [9.17, 15) is 13.2 Å². The van der Waals surface area contributed by atoms with Crippen LogP contribution in [0, 0.1) is 0 Å². The van der Waals surface area contributed by atoms with Gasteiger partial charge in [-0.25, -0.2) is 8.42 Å². The molecule has 24 heavy (non-hydrogen) atoms. The molecule has 1 amide bonds. The first-order valence-corrected chi connectivity index (χ1v) is 9.53. The van der Waals surface area contributed by atoms with Gasteiger partial charge in [-0.1, -0.05) is 43.7 Å². The predicted octanol–water partition coefficient (Wildman–Crippen LogP) is 2.77. The summed E-state index contributed by atoms with van der Waals surface area (Å²) in [6.45, 7) is 3.77. The van der Waals surface area contributed by atoms with Gasteiger partial charge in [-0.15, -0.1) is 0 Å². The van der Waals surface area contributed by atoms with E-state index in [1.165, 1.54) is 7.05 Å². The summed E-state index contributed by atoms with van der Waals surface area (Å²) < 4.78 is 26.4. The molecule has 2 rings (SSSR count). The minimum atomic E-state index is -3.70. The van der Waals surface area contributed by atoms with Gasteiger partial charge in [-0.05, 0) is 36.2 Å². The van der Waals surface area contributed by atoms with E-state index in [4.69, 9.17) is 0 Å². The summed E-state index contributed by atoms with van der Waals surface area (Å²) in [5, 5.41) is 4.65. The van der Waals surface area contributed by atoms with Crippen LogP contribution in [0.5, 0.6) is 0 Å². The molecule has 0 aliphatic heterocycles. The zero-order chi connectivity index (χ0) is 17.7. The number of carbonyl (C=O) groups is 1. The van der Waals surface area contributed by atoms with E-state index in [1.54, 1.807) is 18.2 Å². The molecule has 0 fully saturated rings. The van der Waals surface area contributed by atoms with Crippen LogP contribution in [-0.4, -0.2) is 38.3 Å². The minimum Gasteiger partial charge on any atom is -0.353 e. The van der Waals surface area contributed by atoms with Crippen LogP contribution in [0.25, 0.3) is 10.8 Å². The SMILES string of the molecule is CCC[C@@H](C)NC(=O)CN(C)S(=O)(=O)c1ccc2ccccc2c1. The third-order valence-electron chi connectivity index (χ3n) is 3.92. The number of likely N-dealkylation sites (N-methyl/N-ethyl adjacent to an activating group) is 1. The van der Waals surface area contributed by atoms with Gasteiger partial charge in [0.15, 0.2) is 0 Å². The highest BCUT2D eigenvalue weighted by Crippen LogP contribution is 2.21. The fourth-order valence-electron chi connectivity index (χ4n) is 2.62. The van der Waals surface area contributed by atoms with Crippen molar-refractivity contribution in [2.75, 3.05) is 13.6 Å². The fourth-order valence-corrected chi connectivity index (χ4v) is 3.78. The van der Waals surface area contributed by atoms with Crippen LogP contribution >= 0.6 is 0 Å². The molecule has 130 valence electrons. The molecule has 0 radical (unpaired) electrons. The molecule has 0 bridgehead atoms. The number of nitrogens with one attached hydrogen (secondary N) is 1. The van der Waals surface area contributed by atoms with E-state index in [-0.39, 0.29) is 23.4 Å². The third-order valence-corrected chi connectivity index (χ3v) is 5.72. The Labute approximate surface area is 143 Å². The van der Waals surface area contributed by atoms with E-state index in [1.807, 2.05) is 38.1 Å². The molecule has 2 aromatic carbocycles. The molecule has 2 aromatic rings. The first-order chi connectivity index (χ1) is 11.3. The molecule has 5 nitrogen and oxygen atoms in total. The minimum absolute atomic E-state index is 0.0410. The van der Waals surface area contributed by atoms with Gasteiger partial charge in [0.1, 0.15) is 0 Å². The molecule has 0 saturated carbocycles. The van der Waals surface area contributed by atoms with Gasteiger partial charge < -0.3 is 5.32 Å². The van der Waals surface area contributed by atoms with Gasteiger partial charge in [0.2, 0.25) is 15.9 Å². The first-order valence-electron chi connectivity index (χ1n) is 8.09. The lowest BCUT2D eigenvalue weighted by Crippen LogP contribution is -2.41. The normalized spacial score (nSPS) is 13.2. The zero-order valence-electron chi connectivity index (χ0n) is 14.3. The van der Waals surface area contributed by atoms with E-state index in [2.05, 4.69) is 5.32 Å². The second-order valence-corrected chi connectivity index (χ2v) is 8.07. The number of amides is 1. The van der Waals surface area contributed by atoms with Crippen LogP contribution in [0.2, 0.25) is 0 Å². The number of nitrogens with zero attached hydrogens (tertiary/aromatic N) is 1. The summed E-state index contributed by atoms with van der Waals surface area (Å²) in [5.41, 5.74) is 0. The summed E-state index contributed by atoms with van der Waals surface area (Å²) in [7, 11) is -2.28. The van der Waals surface area contributed by atoms with Crippen LogP contribution in [0.1, 0.15) is 26.7 Å². The maximum Gasteiger partial charge on any atom is 0.243 e. The number of fused-ring (bicyclic) bond motifs is 1. The Balaban J connectivity index is 2.14. The fraction of sp³-hybridized carbons (Fsp3) is 0.389. The second-order valence-electron chi connectivity index (χ2n) is 6.03. The molecule has 0 unspecified atom stereocenters. The molecule has 6 heteroatoms. The van der Waals surface area contributed by atoms with Crippen molar-refractivity contribution in [2.24, 2.45) is 0 Å². The molecule has 0 saturated heterocycles. The Hall–Kier alpha value is -1.92. The van der Waals surface area contributed by atoms with Gasteiger partial charge in [0.25, 0.3) is 0 Å². The average Bonchev–Trinajstić information content (AvgIpc) is 2.54. The van der Waals surface area contributed by atoms with Crippen LogP contribution in [-0.2, 0) is 14.8 Å². The van der Waals surface area contributed by atoms with Crippen LogP contribution in [0.4, 0.5) is 0 Å². The van der Waals surface area contributed by atoms with Crippen molar-refractivity contribution in [3.05, 3.63) is 42.5 Å². The quantitative estimate of drug-likeness (QED) is 0.837. The Bertz CT molecular complexity index is 818. The van der Waals surface area contributed by atoms with Gasteiger partial charge in [0, 0.05) is 13.1 Å². The van der Waals surface area contributed by atoms with Crippen molar-refractivity contribution in [1.82, 2.24) is 9.62 Å². The number of sulfonamides is 1.